The minimum atomic E-state index is -1.36. The second-order valence-corrected chi connectivity index (χ2v) is 9.35. The number of rotatable bonds is 3. The van der Waals surface area contributed by atoms with Crippen LogP contribution in [0.5, 0.6) is 0 Å². The van der Waals surface area contributed by atoms with Gasteiger partial charge in [-0.05, 0) is 36.8 Å². The van der Waals surface area contributed by atoms with Crippen LogP contribution in [0.4, 0.5) is 10.5 Å². The number of cyclic esters (lactones) is 1. The molecule has 0 bridgehead atoms. The Hall–Kier alpha value is -3.11. The van der Waals surface area contributed by atoms with E-state index in [2.05, 4.69) is 26.3 Å². The number of amides is 3. The molecule has 0 aromatic heterocycles. The molecule has 2 aromatic carbocycles. The van der Waals surface area contributed by atoms with E-state index >= 15 is 0 Å². The molecule has 168 valence electrons. The summed E-state index contributed by atoms with van der Waals surface area (Å²) in [5, 5.41) is 8.98. The second kappa shape index (κ2) is 8.03. The molecular formula is C23H19BrN4O4S. The summed E-state index contributed by atoms with van der Waals surface area (Å²) in [7, 11) is 0. The van der Waals surface area contributed by atoms with Gasteiger partial charge in [0.25, 0.3) is 11.8 Å². The van der Waals surface area contributed by atoms with E-state index in [1.165, 1.54) is 5.01 Å². The van der Waals surface area contributed by atoms with Gasteiger partial charge in [0.15, 0.2) is 5.41 Å². The zero-order chi connectivity index (χ0) is 23.3. The van der Waals surface area contributed by atoms with Crippen molar-refractivity contribution < 1.29 is 19.1 Å². The van der Waals surface area contributed by atoms with Gasteiger partial charge >= 0.3 is 6.09 Å². The third-order valence-electron chi connectivity index (χ3n) is 6.32. The van der Waals surface area contributed by atoms with Gasteiger partial charge in [-0.2, -0.15) is 10.1 Å². The molecular weight excluding hydrogens is 508 g/mol. The number of carbonyl (C=O) groups is 3. The Morgan fingerprint density at radius 3 is 2.52 bits per heavy atom. The Morgan fingerprint density at radius 1 is 1.18 bits per heavy atom. The van der Waals surface area contributed by atoms with Crippen LogP contribution in [0.2, 0.25) is 0 Å². The summed E-state index contributed by atoms with van der Waals surface area (Å²) >= 11 is 9.15. The van der Waals surface area contributed by atoms with Crippen LogP contribution < -0.4 is 10.3 Å². The number of hydrogen-bond acceptors (Lipinski definition) is 6. The lowest BCUT2D eigenvalue weighted by molar-refractivity contribution is -0.130. The van der Waals surface area contributed by atoms with Crippen molar-refractivity contribution >= 4 is 62.4 Å². The molecule has 3 atom stereocenters. The molecule has 3 aliphatic rings. The van der Waals surface area contributed by atoms with Gasteiger partial charge in [-0.15, -0.1) is 0 Å². The van der Waals surface area contributed by atoms with Crippen LogP contribution in [0.15, 0.2) is 64.2 Å². The average molecular weight is 527 g/mol. The molecule has 5 rings (SSSR count). The highest BCUT2D eigenvalue weighted by atomic mass is 79.9. The maximum absolute atomic E-state index is 14.0. The third kappa shape index (κ3) is 3.19. The third-order valence-corrected chi connectivity index (χ3v) is 7.29. The Balaban J connectivity index is 1.64. The lowest BCUT2D eigenvalue weighted by Gasteiger charge is -2.31. The van der Waals surface area contributed by atoms with Gasteiger partial charge < -0.3 is 10.1 Å². The van der Waals surface area contributed by atoms with Crippen molar-refractivity contribution in [1.82, 2.24) is 10.2 Å². The van der Waals surface area contributed by atoms with Crippen LogP contribution in [-0.2, 0) is 14.3 Å². The molecule has 10 heteroatoms. The van der Waals surface area contributed by atoms with E-state index in [-0.39, 0.29) is 24.0 Å². The summed E-state index contributed by atoms with van der Waals surface area (Å²) in [5.41, 5.74) is 0.465. The fourth-order valence-electron chi connectivity index (χ4n) is 4.77. The van der Waals surface area contributed by atoms with Crippen LogP contribution in [0, 0.1) is 5.41 Å². The summed E-state index contributed by atoms with van der Waals surface area (Å²) < 4.78 is 5.82. The number of halogens is 1. The smallest absolute Gasteiger partial charge is 0.416 e. The van der Waals surface area contributed by atoms with Gasteiger partial charge in [-0.25, -0.2) is 9.69 Å². The van der Waals surface area contributed by atoms with Crippen LogP contribution in [0.1, 0.15) is 18.4 Å². The second-order valence-electron chi connectivity index (χ2n) is 8.03. The summed E-state index contributed by atoms with van der Waals surface area (Å²) in [6.07, 6.45) is -0.697. The molecule has 2 aromatic rings. The minimum Gasteiger partial charge on any atom is -0.447 e. The molecule has 0 aliphatic carbocycles. The van der Waals surface area contributed by atoms with Gasteiger partial charge in [0.1, 0.15) is 12.6 Å². The molecule has 0 unspecified atom stereocenters. The molecule has 2 saturated heterocycles. The number of imide groups is 1. The predicted molar refractivity (Wildman–Crippen MR) is 129 cm³/mol. The zero-order valence-electron chi connectivity index (χ0n) is 17.5. The number of nitrogens with zero attached hydrogens (tertiary/aromatic N) is 3. The highest BCUT2D eigenvalue weighted by Gasteiger charge is 2.66. The normalized spacial score (nSPS) is 26.6. The first kappa shape index (κ1) is 21.7. The van der Waals surface area contributed by atoms with Crippen molar-refractivity contribution in [3.05, 3.63) is 64.6 Å². The van der Waals surface area contributed by atoms with E-state index in [4.69, 9.17) is 17.0 Å². The van der Waals surface area contributed by atoms with Gasteiger partial charge in [0, 0.05) is 10.4 Å². The molecule has 3 amide bonds. The number of carbonyl (C=O) groups excluding carboxylic acids is 3. The standard InChI is InChI=1S/C23H19BrN4O4S/c1-13-23(21(30)28(26-13)16-5-3-2-4-6-16)17(14-7-9-15(24)10-8-14)18(25-20(23)33)19(29)27-11-12-32-22(27)31/h2-10,17-18H,11-12H2,1H3,(H,25,33)/t17-,18-,23+/m0/s1. The number of benzene rings is 2. The number of anilines is 1. The summed E-state index contributed by atoms with van der Waals surface area (Å²) in [6.45, 7) is 2.04. The highest BCUT2D eigenvalue weighted by Crippen LogP contribution is 2.50. The number of hydrazone groups is 1. The first-order valence-electron chi connectivity index (χ1n) is 10.4. The predicted octanol–water partition coefficient (Wildman–Crippen LogP) is 3.22. The summed E-state index contributed by atoms with van der Waals surface area (Å²) in [6, 6.07) is 15.5. The Labute approximate surface area is 203 Å². The number of hydrogen-bond donors (Lipinski definition) is 1. The van der Waals surface area contributed by atoms with Crippen molar-refractivity contribution in [2.45, 2.75) is 18.9 Å². The average Bonchev–Trinajstić information content (AvgIpc) is 3.46. The summed E-state index contributed by atoms with van der Waals surface area (Å²) in [5.74, 6) is -1.52. The highest BCUT2D eigenvalue weighted by molar-refractivity contribution is 9.10. The number of nitrogens with one attached hydrogen (secondary N) is 1. The molecule has 1 N–H and O–H groups in total. The molecule has 2 fully saturated rings. The first-order chi connectivity index (χ1) is 15.9. The Bertz CT molecular complexity index is 1200. The minimum absolute atomic E-state index is 0.136. The van der Waals surface area contributed by atoms with Gasteiger partial charge in [-0.1, -0.05) is 58.5 Å². The van der Waals surface area contributed by atoms with Crippen molar-refractivity contribution in [3.63, 3.8) is 0 Å². The topological polar surface area (TPSA) is 91.3 Å². The molecule has 8 nitrogen and oxygen atoms in total. The maximum Gasteiger partial charge on any atom is 0.416 e. The SMILES string of the molecule is CC1=NN(c2ccccc2)C(=O)[C@]12C(=S)N[C@H](C(=O)N1CCOC1=O)[C@@H]2c1ccc(Br)cc1. The van der Waals surface area contributed by atoms with Crippen molar-refractivity contribution in [3.8, 4) is 0 Å². The Kier molecular flexibility index (Phi) is 5.29. The van der Waals surface area contributed by atoms with Gasteiger partial charge in [-0.3, -0.25) is 9.59 Å². The first-order valence-corrected chi connectivity index (χ1v) is 11.6. The largest absolute Gasteiger partial charge is 0.447 e. The van der Waals surface area contributed by atoms with Crippen molar-refractivity contribution in [2.75, 3.05) is 18.2 Å². The van der Waals surface area contributed by atoms with Crippen LogP contribution in [0.3, 0.4) is 0 Å². The molecule has 0 radical (unpaired) electrons. The zero-order valence-corrected chi connectivity index (χ0v) is 19.9. The number of thiocarbonyl (C=S) groups is 1. The van der Waals surface area contributed by atoms with E-state index in [1.54, 1.807) is 19.1 Å². The molecule has 33 heavy (non-hydrogen) atoms. The van der Waals surface area contributed by atoms with E-state index < -0.39 is 29.4 Å². The molecule has 3 aliphatic heterocycles. The van der Waals surface area contributed by atoms with E-state index in [1.807, 2.05) is 42.5 Å². The summed E-state index contributed by atoms with van der Waals surface area (Å²) in [4.78, 5) is 40.9. The van der Waals surface area contributed by atoms with Gasteiger partial charge in [0.05, 0.1) is 22.9 Å². The Morgan fingerprint density at radius 2 is 1.88 bits per heavy atom. The fraction of sp³-hybridized carbons (Fsp3) is 0.261. The lowest BCUT2D eigenvalue weighted by atomic mass is 9.68. The quantitative estimate of drug-likeness (QED) is 0.617. The monoisotopic (exact) mass is 526 g/mol. The molecule has 1 spiro atoms. The van der Waals surface area contributed by atoms with Crippen molar-refractivity contribution in [1.29, 1.82) is 0 Å². The van der Waals surface area contributed by atoms with Gasteiger partial charge in [0.2, 0.25) is 0 Å². The van der Waals surface area contributed by atoms with Crippen LogP contribution >= 0.6 is 28.1 Å². The van der Waals surface area contributed by atoms with Crippen molar-refractivity contribution in [2.24, 2.45) is 10.5 Å². The maximum atomic E-state index is 14.0. The van der Waals surface area contributed by atoms with E-state index in [0.717, 1.165) is 14.9 Å². The fourth-order valence-corrected chi connectivity index (χ4v) is 5.52. The van der Waals surface area contributed by atoms with Crippen LogP contribution in [-0.4, -0.2) is 52.7 Å². The van der Waals surface area contributed by atoms with E-state index in [0.29, 0.717) is 11.4 Å². The molecule has 3 heterocycles. The number of para-hydroxylation sites is 1. The lowest BCUT2D eigenvalue weighted by Crippen LogP contribution is -2.49. The van der Waals surface area contributed by atoms with E-state index in [9.17, 15) is 14.4 Å². The molecule has 0 saturated carbocycles. The number of ether oxygens (including phenoxy) is 1. The van der Waals surface area contributed by atoms with Crippen LogP contribution in [0.25, 0.3) is 0 Å².